The second kappa shape index (κ2) is 11.4. The van der Waals surface area contributed by atoms with Crippen molar-refractivity contribution in [2.75, 3.05) is 24.9 Å². The summed E-state index contributed by atoms with van der Waals surface area (Å²) in [6.45, 7) is 1.99. The Morgan fingerprint density at radius 3 is 2.39 bits per heavy atom. The summed E-state index contributed by atoms with van der Waals surface area (Å²) in [6.07, 6.45) is 0.861. The minimum Gasteiger partial charge on any atom is -0.466 e. The molecule has 1 heterocycles. The number of nitrogens with zero attached hydrogens (tertiary/aromatic N) is 3. The van der Waals surface area contributed by atoms with E-state index in [1.165, 1.54) is 23.9 Å². The van der Waals surface area contributed by atoms with E-state index in [9.17, 15) is 25.0 Å². The Hall–Kier alpha value is -4.30. The molecule has 1 aliphatic rings. The van der Waals surface area contributed by atoms with Crippen molar-refractivity contribution in [3.8, 4) is 6.07 Å². The number of allylic oxidation sites excluding steroid dienone is 1. The van der Waals surface area contributed by atoms with Gasteiger partial charge < -0.3 is 15.2 Å². The maximum Gasteiger partial charge on any atom is 0.355 e. The number of benzene rings is 2. The average molecular weight is 509 g/mol. The number of carbonyl (C=O) groups excluding carboxylic acids is 2. The molecule has 2 aromatic carbocycles. The predicted molar refractivity (Wildman–Crippen MR) is 134 cm³/mol. The number of ether oxygens (including phenoxy) is 2. The van der Waals surface area contributed by atoms with E-state index in [4.69, 9.17) is 15.2 Å². The van der Waals surface area contributed by atoms with Gasteiger partial charge in [-0.2, -0.15) is 5.26 Å². The molecule has 0 amide bonds. The van der Waals surface area contributed by atoms with Gasteiger partial charge in [0, 0.05) is 11.0 Å². The number of nitrogens with two attached hydrogens (primary N) is 1. The topological polar surface area (TPSA) is 149 Å². The van der Waals surface area contributed by atoms with Crippen LogP contribution in [0.2, 0.25) is 0 Å². The second-order valence-corrected chi connectivity index (χ2v) is 8.76. The summed E-state index contributed by atoms with van der Waals surface area (Å²) in [5.74, 6) is -2.44. The minimum atomic E-state index is -1.06. The molecule has 0 radical (unpaired) electrons. The van der Waals surface area contributed by atoms with Crippen LogP contribution < -0.4 is 10.6 Å². The summed E-state index contributed by atoms with van der Waals surface area (Å²) < 4.78 is 9.97. The maximum absolute atomic E-state index is 13.2. The van der Waals surface area contributed by atoms with Gasteiger partial charge in [-0.25, -0.2) is 9.59 Å². The molecule has 0 saturated carbocycles. The van der Waals surface area contributed by atoms with E-state index in [0.717, 1.165) is 31.3 Å². The van der Waals surface area contributed by atoms with Crippen molar-refractivity contribution in [2.45, 2.75) is 24.2 Å². The lowest BCUT2D eigenvalue weighted by atomic mass is 9.81. The van der Waals surface area contributed by atoms with Crippen LogP contribution in [0, 0.1) is 21.4 Å². The van der Waals surface area contributed by atoms with E-state index < -0.39 is 22.8 Å². The molecule has 36 heavy (non-hydrogen) atoms. The normalized spacial score (nSPS) is 15.4. The Morgan fingerprint density at radius 2 is 1.83 bits per heavy atom. The first-order valence-corrected chi connectivity index (χ1v) is 11.9. The fraction of sp³-hybridized carbons (Fsp3) is 0.240. The molecule has 2 N–H and O–H groups in total. The van der Waals surface area contributed by atoms with Crippen LogP contribution in [-0.4, -0.2) is 36.8 Å². The number of esters is 2. The van der Waals surface area contributed by atoms with Gasteiger partial charge in [0.05, 0.1) is 42.3 Å². The monoisotopic (exact) mass is 508 g/mol. The zero-order chi connectivity index (χ0) is 26.4. The van der Waals surface area contributed by atoms with E-state index >= 15 is 0 Å². The first-order chi connectivity index (χ1) is 17.3. The van der Waals surface area contributed by atoms with Crippen LogP contribution in [-0.2, 0) is 19.1 Å². The number of anilines is 1. The Kier molecular flexibility index (Phi) is 8.34. The highest BCUT2D eigenvalue weighted by molar-refractivity contribution is 7.99. The van der Waals surface area contributed by atoms with Crippen LogP contribution >= 0.6 is 11.8 Å². The van der Waals surface area contributed by atoms with Crippen LogP contribution in [0.15, 0.2) is 76.1 Å². The molecule has 10 nitrogen and oxygen atoms in total. The summed E-state index contributed by atoms with van der Waals surface area (Å²) in [4.78, 5) is 39.4. The molecule has 186 valence electrons. The predicted octanol–water partition coefficient (Wildman–Crippen LogP) is 3.99. The smallest absolute Gasteiger partial charge is 0.355 e. The highest BCUT2D eigenvalue weighted by Crippen LogP contribution is 2.45. The fourth-order valence-electron chi connectivity index (χ4n) is 3.91. The van der Waals surface area contributed by atoms with Gasteiger partial charge in [0.1, 0.15) is 17.2 Å². The van der Waals surface area contributed by atoms with Gasteiger partial charge >= 0.3 is 11.9 Å². The number of hydrogen-bond acceptors (Lipinski definition) is 10. The summed E-state index contributed by atoms with van der Waals surface area (Å²) >= 11 is 1.46. The van der Waals surface area contributed by atoms with E-state index in [2.05, 4.69) is 0 Å². The van der Waals surface area contributed by atoms with E-state index in [0.29, 0.717) is 10.5 Å². The second-order valence-electron chi connectivity index (χ2n) is 7.59. The van der Waals surface area contributed by atoms with Crippen molar-refractivity contribution >= 4 is 35.1 Å². The van der Waals surface area contributed by atoms with Gasteiger partial charge in [-0.3, -0.25) is 15.0 Å². The molecule has 1 atom stereocenters. The molecular weight excluding hydrogens is 484 g/mol. The summed E-state index contributed by atoms with van der Waals surface area (Å²) in [6, 6.07) is 14.9. The number of hydrogen-bond donors (Lipinski definition) is 1. The van der Waals surface area contributed by atoms with Gasteiger partial charge in [-0.1, -0.05) is 37.3 Å². The Labute approximate surface area is 212 Å². The molecule has 0 saturated heterocycles. The van der Waals surface area contributed by atoms with Gasteiger partial charge in [0.25, 0.3) is 5.69 Å². The largest absolute Gasteiger partial charge is 0.466 e. The molecule has 0 aromatic heterocycles. The third-order valence-electron chi connectivity index (χ3n) is 5.47. The highest BCUT2D eigenvalue weighted by atomic mass is 32.2. The van der Waals surface area contributed by atoms with Gasteiger partial charge in [-0.05, 0) is 29.9 Å². The van der Waals surface area contributed by atoms with Crippen molar-refractivity contribution in [1.29, 1.82) is 5.26 Å². The molecule has 0 aliphatic carbocycles. The standard InChI is InChI=1S/C25H24N4O6S/c1-4-12-36-16-10-11-18(29(32)33)19(13-16)28-22(25(31)35-3)21(24(30)34-2)20(17(14-26)23(28)27)15-8-6-5-7-9-15/h5-11,13,20H,4,12,27H2,1-3H3. The molecule has 0 bridgehead atoms. The van der Waals surface area contributed by atoms with Crippen LogP contribution in [0.1, 0.15) is 24.8 Å². The molecule has 1 unspecified atom stereocenters. The number of carbonyl (C=O) groups is 2. The van der Waals surface area contributed by atoms with Crippen molar-refractivity contribution in [3.63, 3.8) is 0 Å². The number of rotatable bonds is 8. The van der Waals surface area contributed by atoms with Crippen LogP contribution in [0.4, 0.5) is 11.4 Å². The fourth-order valence-corrected chi connectivity index (χ4v) is 4.71. The quantitative estimate of drug-likeness (QED) is 0.240. The van der Waals surface area contributed by atoms with E-state index in [1.54, 1.807) is 36.4 Å². The lowest BCUT2D eigenvalue weighted by molar-refractivity contribution is -0.384. The average Bonchev–Trinajstić information content (AvgIpc) is 2.90. The SMILES string of the molecule is CCCSc1ccc([N+](=O)[O-])c(N2C(N)=C(C#N)C(c3ccccc3)C(C(=O)OC)=C2C(=O)OC)c1. The number of nitriles is 1. The first kappa shape index (κ1) is 26.3. The molecule has 0 spiro atoms. The Balaban J connectivity index is 2.45. The minimum absolute atomic E-state index is 0.0739. The van der Waals surface area contributed by atoms with Gasteiger partial charge in [-0.15, -0.1) is 11.8 Å². The number of methoxy groups -OCH3 is 2. The number of thioether (sulfide) groups is 1. The maximum atomic E-state index is 13.2. The van der Waals surface area contributed by atoms with Crippen molar-refractivity contribution in [2.24, 2.45) is 5.73 Å². The van der Waals surface area contributed by atoms with Crippen molar-refractivity contribution in [1.82, 2.24) is 0 Å². The van der Waals surface area contributed by atoms with Gasteiger partial charge in [0.15, 0.2) is 0 Å². The number of nitro benzene ring substituents is 1. The molecule has 0 fully saturated rings. The van der Waals surface area contributed by atoms with Crippen LogP contribution in [0.25, 0.3) is 0 Å². The van der Waals surface area contributed by atoms with E-state index in [-0.39, 0.29) is 34.0 Å². The van der Waals surface area contributed by atoms with Crippen LogP contribution in [0.5, 0.6) is 0 Å². The Bertz CT molecular complexity index is 1300. The zero-order valence-electron chi connectivity index (χ0n) is 19.9. The Morgan fingerprint density at radius 1 is 1.17 bits per heavy atom. The zero-order valence-corrected chi connectivity index (χ0v) is 20.7. The first-order valence-electron chi connectivity index (χ1n) is 10.9. The van der Waals surface area contributed by atoms with E-state index in [1.807, 2.05) is 13.0 Å². The number of nitro groups is 1. The molecule has 3 rings (SSSR count). The molecular formula is C25H24N4O6S. The third kappa shape index (κ3) is 4.89. The summed E-state index contributed by atoms with van der Waals surface area (Å²) in [5.41, 5.74) is 5.84. The lowest BCUT2D eigenvalue weighted by Gasteiger charge is -2.35. The summed E-state index contributed by atoms with van der Waals surface area (Å²) in [5, 5.41) is 22.1. The van der Waals surface area contributed by atoms with Gasteiger partial charge in [0.2, 0.25) is 0 Å². The highest BCUT2D eigenvalue weighted by Gasteiger charge is 2.44. The molecule has 11 heteroatoms. The van der Waals surface area contributed by atoms with Crippen LogP contribution in [0.3, 0.4) is 0 Å². The third-order valence-corrected chi connectivity index (χ3v) is 6.67. The lowest BCUT2D eigenvalue weighted by Crippen LogP contribution is -2.41. The van der Waals surface area contributed by atoms with Crippen molar-refractivity contribution in [3.05, 3.63) is 86.9 Å². The van der Waals surface area contributed by atoms with Crippen molar-refractivity contribution < 1.29 is 24.0 Å². The molecule has 2 aromatic rings. The summed E-state index contributed by atoms with van der Waals surface area (Å²) in [7, 11) is 2.25. The molecule has 1 aliphatic heterocycles.